The van der Waals surface area contributed by atoms with E-state index in [4.69, 9.17) is 34.2 Å². The number of alkyl halides is 6. The zero-order valence-corrected chi connectivity index (χ0v) is 42.3. The van der Waals surface area contributed by atoms with E-state index in [0.29, 0.717) is 57.6 Å². The van der Waals surface area contributed by atoms with E-state index < -0.39 is 52.7 Å². The van der Waals surface area contributed by atoms with Crippen molar-refractivity contribution in [1.82, 2.24) is 0 Å². The van der Waals surface area contributed by atoms with Gasteiger partial charge < -0.3 is 49.5 Å². The number of hydrogen-bond donors (Lipinski definition) is 4. The number of hydrogen-bond acceptors (Lipinski definition) is 10. The average molecular weight is 1120 g/mol. The first-order valence-electron chi connectivity index (χ1n) is 24.4. The van der Waals surface area contributed by atoms with Gasteiger partial charge in [-0.3, -0.25) is 4.79 Å². The predicted molar refractivity (Wildman–Crippen MR) is 280 cm³/mol. The fraction of sp³-hybridized carbons (Fsp3) is 0.148. The van der Waals surface area contributed by atoms with Crippen molar-refractivity contribution >= 4 is 23.8 Å². The van der Waals surface area contributed by atoms with E-state index in [2.05, 4.69) is 0 Å². The molecule has 416 valence electrons. The molecule has 0 spiro atoms. The van der Waals surface area contributed by atoms with Gasteiger partial charge in [0, 0.05) is 17.7 Å². The summed E-state index contributed by atoms with van der Waals surface area (Å²) in [6.45, 7) is -0.474. The zero-order chi connectivity index (χ0) is 57.9. The highest BCUT2D eigenvalue weighted by Crippen LogP contribution is 2.56. The van der Waals surface area contributed by atoms with Gasteiger partial charge in [0.25, 0.3) is 0 Å². The second kappa shape index (κ2) is 24.8. The highest BCUT2D eigenvalue weighted by atomic mass is 19.4. The van der Waals surface area contributed by atoms with E-state index in [1.54, 1.807) is 84.9 Å². The molecule has 0 unspecified atom stereocenters. The van der Waals surface area contributed by atoms with Gasteiger partial charge in [0.05, 0.1) is 16.7 Å². The summed E-state index contributed by atoms with van der Waals surface area (Å²) in [7, 11) is 0. The minimum absolute atomic E-state index is 0.00268. The van der Waals surface area contributed by atoms with Crippen LogP contribution in [-0.4, -0.2) is 51.5 Å². The summed E-state index contributed by atoms with van der Waals surface area (Å²) in [4.78, 5) is 45.5. The Morgan fingerprint density at radius 1 is 0.321 bits per heavy atom. The molecule has 5 N–H and O–H groups in total. The molecular formula is C61H47F6NO13. The molecule has 20 heteroatoms. The molecule has 0 saturated carbocycles. The lowest BCUT2D eigenvalue weighted by Crippen LogP contribution is -2.54. The molecule has 0 aromatic heterocycles. The highest BCUT2D eigenvalue weighted by molar-refractivity contribution is 5.92. The van der Waals surface area contributed by atoms with Gasteiger partial charge in [-0.15, -0.1) is 0 Å². The number of nitrogens with two attached hydrogens (primary N) is 1. The van der Waals surface area contributed by atoms with E-state index in [0.717, 1.165) is 24.3 Å². The standard InChI is InChI=1S/C61H47F6NO13/c62-60(63,64)59(61(65,66)67,47-17-21-49(22-18-47)76-35-41-25-51(78-31-37-1-9-43(10-2-37)55(68)69)29-52(26-41)79-32-38-3-11-44(12-4-38)56(70)71)48-19-23-50(24-20-48)77-36-42-27-53(80-33-39-5-13-45(14-6-39)57(72)73)30-54(28-42)81-34-40-7-15-46(16-8-40)58(74)75/h1-30H,31-36H2,(H2,68,69)(H,70,71)(H,72,73)(H,74,75). The number of carbonyl (C=O) groups is 4. The van der Waals surface area contributed by atoms with Crippen LogP contribution < -0.4 is 34.2 Å². The summed E-state index contributed by atoms with van der Waals surface area (Å²) in [6, 6.07) is 40.4. The van der Waals surface area contributed by atoms with Gasteiger partial charge in [-0.1, -0.05) is 72.8 Å². The first-order chi connectivity index (χ1) is 38.6. The Hall–Kier alpha value is -9.98. The van der Waals surface area contributed by atoms with E-state index in [-0.39, 0.29) is 96.4 Å². The Morgan fingerprint density at radius 3 is 0.790 bits per heavy atom. The number of carboxylic acid groups (broad SMARTS) is 3. The Labute approximate surface area is 458 Å². The Bertz CT molecular complexity index is 3100. The van der Waals surface area contributed by atoms with Crippen molar-refractivity contribution in [3.05, 3.63) is 249 Å². The summed E-state index contributed by atoms with van der Waals surface area (Å²) >= 11 is 0. The number of carbonyl (C=O) groups excluding carboxylic acids is 1. The smallest absolute Gasteiger partial charge is 0.411 e. The van der Waals surface area contributed by atoms with Crippen molar-refractivity contribution in [1.29, 1.82) is 0 Å². The number of rotatable bonds is 24. The molecular weight excluding hydrogens is 1070 g/mol. The third kappa shape index (κ3) is 14.4. The number of halogens is 6. The quantitative estimate of drug-likeness (QED) is 0.0416. The number of amides is 1. The van der Waals surface area contributed by atoms with E-state index in [1.165, 1.54) is 48.5 Å². The van der Waals surface area contributed by atoms with Crippen LogP contribution in [0.5, 0.6) is 34.5 Å². The van der Waals surface area contributed by atoms with Crippen LogP contribution in [0.2, 0.25) is 0 Å². The molecule has 0 radical (unpaired) electrons. The molecule has 8 rings (SSSR count). The summed E-state index contributed by atoms with van der Waals surface area (Å²) in [5, 5.41) is 27.8. The normalized spacial score (nSPS) is 11.5. The van der Waals surface area contributed by atoms with Gasteiger partial charge in [-0.25, -0.2) is 14.4 Å². The predicted octanol–water partition coefficient (Wildman–Crippen LogP) is 12.8. The second-order valence-electron chi connectivity index (χ2n) is 18.2. The second-order valence-corrected chi connectivity index (χ2v) is 18.2. The summed E-state index contributed by atoms with van der Waals surface area (Å²) < 4.78 is 128. The van der Waals surface area contributed by atoms with E-state index >= 15 is 26.3 Å². The summed E-state index contributed by atoms with van der Waals surface area (Å²) in [5.41, 5.74) is 2.45. The van der Waals surface area contributed by atoms with Crippen molar-refractivity contribution in [2.75, 3.05) is 0 Å². The maximum Gasteiger partial charge on any atom is 0.411 e. The van der Waals surface area contributed by atoms with Crippen LogP contribution in [0, 0.1) is 0 Å². The molecule has 0 aliphatic heterocycles. The summed E-state index contributed by atoms with van der Waals surface area (Å²) in [6.07, 6.45) is -11.8. The highest BCUT2D eigenvalue weighted by Gasteiger charge is 2.72. The fourth-order valence-corrected chi connectivity index (χ4v) is 8.34. The number of benzene rings is 8. The average Bonchev–Trinajstić information content (AvgIpc) is 3.44. The third-order valence-corrected chi connectivity index (χ3v) is 12.6. The first kappa shape index (κ1) is 57.2. The molecule has 81 heavy (non-hydrogen) atoms. The maximum absolute atomic E-state index is 15.3. The van der Waals surface area contributed by atoms with Gasteiger partial charge >= 0.3 is 30.3 Å². The van der Waals surface area contributed by atoms with Crippen LogP contribution in [0.25, 0.3) is 0 Å². The first-order valence-corrected chi connectivity index (χ1v) is 24.4. The van der Waals surface area contributed by atoms with Crippen molar-refractivity contribution in [2.45, 2.75) is 57.4 Å². The fourth-order valence-electron chi connectivity index (χ4n) is 8.34. The minimum atomic E-state index is -5.91. The molecule has 1 amide bonds. The van der Waals surface area contributed by atoms with Gasteiger partial charge in [-0.05, 0) is 142 Å². The van der Waals surface area contributed by atoms with Gasteiger partial charge in [0.2, 0.25) is 11.3 Å². The van der Waals surface area contributed by atoms with Crippen LogP contribution in [0.1, 0.15) is 85.9 Å². The van der Waals surface area contributed by atoms with Gasteiger partial charge in [0.15, 0.2) is 0 Å². The van der Waals surface area contributed by atoms with Crippen LogP contribution in [-0.2, 0) is 45.1 Å². The van der Waals surface area contributed by atoms with Crippen molar-refractivity contribution in [3.63, 3.8) is 0 Å². The molecule has 0 heterocycles. The van der Waals surface area contributed by atoms with Gasteiger partial charge in [0.1, 0.15) is 74.1 Å². The third-order valence-electron chi connectivity index (χ3n) is 12.6. The molecule has 8 aromatic carbocycles. The number of carboxylic acids is 3. The Morgan fingerprint density at radius 2 is 0.556 bits per heavy atom. The molecule has 14 nitrogen and oxygen atoms in total. The number of aromatic carboxylic acids is 3. The molecule has 0 bridgehead atoms. The topological polar surface area (TPSA) is 210 Å². The van der Waals surface area contributed by atoms with Gasteiger partial charge in [-0.2, -0.15) is 26.3 Å². The lowest BCUT2D eigenvalue weighted by Gasteiger charge is -2.38. The van der Waals surface area contributed by atoms with E-state index in [9.17, 15) is 34.5 Å². The minimum Gasteiger partial charge on any atom is -0.489 e. The number of ether oxygens (including phenoxy) is 6. The Balaban J connectivity index is 0.986. The molecule has 0 saturated heterocycles. The van der Waals surface area contributed by atoms with Crippen LogP contribution in [0.15, 0.2) is 182 Å². The molecule has 8 aromatic rings. The molecule has 0 aliphatic carbocycles. The molecule has 0 fully saturated rings. The largest absolute Gasteiger partial charge is 0.489 e. The van der Waals surface area contributed by atoms with Crippen molar-refractivity contribution in [2.24, 2.45) is 5.73 Å². The zero-order valence-electron chi connectivity index (χ0n) is 42.3. The van der Waals surface area contributed by atoms with Crippen molar-refractivity contribution in [3.8, 4) is 34.5 Å². The Kier molecular flexibility index (Phi) is 17.5. The number of primary amides is 1. The maximum atomic E-state index is 15.3. The van der Waals surface area contributed by atoms with Crippen LogP contribution in [0.4, 0.5) is 26.3 Å². The lowest BCUT2D eigenvalue weighted by atomic mass is 9.73. The monoisotopic (exact) mass is 1120 g/mol. The van der Waals surface area contributed by atoms with E-state index in [1.807, 2.05) is 0 Å². The van der Waals surface area contributed by atoms with Crippen molar-refractivity contribution < 1.29 is 89.3 Å². The summed E-state index contributed by atoms with van der Waals surface area (Å²) in [5.74, 6) is -2.99. The lowest BCUT2D eigenvalue weighted by molar-refractivity contribution is -0.288. The molecule has 0 aliphatic rings. The molecule has 0 atom stereocenters. The van der Waals surface area contributed by atoms with Crippen LogP contribution >= 0.6 is 0 Å². The SMILES string of the molecule is NC(=O)c1ccc(COc2cc(COc3ccc(C(c4ccc(OCc5cc(OCc6ccc(C(=O)O)cc6)cc(OCc6ccc(C(=O)O)cc6)c5)cc4)(C(F)(F)F)C(F)(F)F)cc3)cc(OCc3ccc(C(=O)O)cc3)c2)cc1. The van der Waals surface area contributed by atoms with Crippen LogP contribution in [0.3, 0.4) is 0 Å².